The highest BCUT2D eigenvalue weighted by Crippen LogP contribution is 2.19. The molecule has 4 nitrogen and oxygen atoms in total. The number of carbonyl (C=O) groups is 1. The van der Waals surface area contributed by atoms with Crippen LogP contribution < -0.4 is 0 Å². The molecule has 0 spiro atoms. The Morgan fingerprint density at radius 1 is 1.50 bits per heavy atom. The van der Waals surface area contributed by atoms with Crippen LogP contribution in [-0.4, -0.2) is 11.2 Å². The van der Waals surface area contributed by atoms with Crippen molar-refractivity contribution in [2.24, 2.45) is 0 Å². The normalized spacial score (nSPS) is 9.42. The highest BCUT2D eigenvalue weighted by Gasteiger charge is 2.12. The lowest BCUT2D eigenvalue weighted by atomic mass is 10.2. The van der Waals surface area contributed by atoms with Gasteiger partial charge in [-0.3, -0.25) is 14.9 Å². The average Bonchev–Trinajstić information content (AvgIpc) is 2.04. The summed E-state index contributed by atoms with van der Waals surface area (Å²) in [4.78, 5) is 20.1. The third-order valence-electron chi connectivity index (χ3n) is 1.32. The van der Waals surface area contributed by atoms with Crippen LogP contribution in [0.3, 0.4) is 0 Å². The number of hydrogen-bond donors (Lipinski definition) is 0. The minimum absolute atomic E-state index is 0.111. The van der Waals surface area contributed by atoms with E-state index in [4.69, 9.17) is 0 Å². The molecule has 0 saturated heterocycles. The molecule has 0 unspecified atom stereocenters. The first-order valence-electron chi connectivity index (χ1n) is 3.04. The maximum absolute atomic E-state index is 10.4. The van der Waals surface area contributed by atoms with Crippen molar-refractivity contribution in [2.75, 3.05) is 0 Å². The molecule has 0 aliphatic carbocycles. The zero-order valence-electron chi connectivity index (χ0n) is 5.86. The maximum atomic E-state index is 10.4. The summed E-state index contributed by atoms with van der Waals surface area (Å²) in [6.45, 7) is 0. The molecular formula is C7H4INO3. The van der Waals surface area contributed by atoms with Crippen LogP contribution in [0, 0.1) is 13.7 Å². The van der Waals surface area contributed by atoms with Gasteiger partial charge in [-0.2, -0.15) is 0 Å². The minimum Gasteiger partial charge on any atom is -0.298 e. The van der Waals surface area contributed by atoms with E-state index < -0.39 is 4.92 Å². The molecule has 1 rings (SSSR count). The third kappa shape index (κ3) is 1.79. The molecule has 0 aliphatic heterocycles. The molecule has 12 heavy (non-hydrogen) atoms. The Labute approximate surface area is 81.9 Å². The zero-order chi connectivity index (χ0) is 9.14. The van der Waals surface area contributed by atoms with E-state index in [1.165, 1.54) is 12.1 Å². The van der Waals surface area contributed by atoms with E-state index in [2.05, 4.69) is 0 Å². The van der Waals surface area contributed by atoms with Crippen molar-refractivity contribution in [1.29, 1.82) is 0 Å². The van der Waals surface area contributed by atoms with Gasteiger partial charge in [0.15, 0.2) is 6.29 Å². The fourth-order valence-electron chi connectivity index (χ4n) is 0.775. The molecule has 1 aromatic rings. The quantitative estimate of drug-likeness (QED) is 0.359. The molecule has 0 atom stereocenters. The molecule has 1 aromatic carbocycles. The summed E-state index contributed by atoms with van der Waals surface area (Å²) in [7, 11) is 0. The summed E-state index contributed by atoms with van der Waals surface area (Å²) in [6.07, 6.45) is 0.480. The lowest BCUT2D eigenvalue weighted by Crippen LogP contribution is -1.94. The molecule has 0 fully saturated rings. The number of halogens is 1. The number of rotatable bonds is 2. The smallest absolute Gasteiger partial charge is 0.280 e. The molecule has 0 aromatic heterocycles. The number of aldehydes is 1. The van der Waals surface area contributed by atoms with Crippen LogP contribution >= 0.6 is 22.6 Å². The average molecular weight is 277 g/mol. The molecule has 62 valence electrons. The van der Waals surface area contributed by atoms with E-state index in [-0.39, 0.29) is 11.3 Å². The molecule has 0 bridgehead atoms. The molecular weight excluding hydrogens is 273 g/mol. The van der Waals surface area contributed by atoms with Gasteiger partial charge in [0, 0.05) is 9.64 Å². The van der Waals surface area contributed by atoms with E-state index in [9.17, 15) is 14.9 Å². The van der Waals surface area contributed by atoms with Gasteiger partial charge in [-0.15, -0.1) is 0 Å². The van der Waals surface area contributed by atoms with Gasteiger partial charge in [-0.1, -0.05) is 0 Å². The largest absolute Gasteiger partial charge is 0.298 e. The summed E-state index contributed by atoms with van der Waals surface area (Å²) in [5.41, 5.74) is -0.0303. The highest BCUT2D eigenvalue weighted by atomic mass is 127. The number of carbonyl (C=O) groups excluding carboxylic acids is 1. The Kier molecular flexibility index (Phi) is 2.74. The van der Waals surface area contributed by atoms with Crippen molar-refractivity contribution in [1.82, 2.24) is 0 Å². The Morgan fingerprint density at radius 3 is 2.67 bits per heavy atom. The van der Waals surface area contributed by atoms with Crippen molar-refractivity contribution in [3.8, 4) is 0 Å². The molecule has 0 heterocycles. The number of nitrogens with zero attached hydrogens (tertiary/aromatic N) is 1. The van der Waals surface area contributed by atoms with Crippen LogP contribution in [0.4, 0.5) is 5.69 Å². The first kappa shape index (κ1) is 9.11. The number of benzene rings is 1. The summed E-state index contributed by atoms with van der Waals surface area (Å²) >= 11 is 1.95. The Balaban J connectivity index is 3.30. The van der Waals surface area contributed by atoms with Crippen LogP contribution in [0.2, 0.25) is 0 Å². The van der Waals surface area contributed by atoms with Crippen molar-refractivity contribution in [3.05, 3.63) is 37.4 Å². The van der Waals surface area contributed by atoms with Crippen LogP contribution in [0.5, 0.6) is 0 Å². The minimum atomic E-state index is -0.564. The van der Waals surface area contributed by atoms with Gasteiger partial charge in [0.1, 0.15) is 0 Å². The van der Waals surface area contributed by atoms with Crippen molar-refractivity contribution >= 4 is 34.6 Å². The predicted molar refractivity (Wildman–Crippen MR) is 51.2 cm³/mol. The first-order chi connectivity index (χ1) is 5.65. The molecule has 0 N–H and O–H groups in total. The lowest BCUT2D eigenvalue weighted by molar-refractivity contribution is -0.385. The Bertz CT molecular complexity index is 337. The second kappa shape index (κ2) is 3.61. The van der Waals surface area contributed by atoms with Gasteiger partial charge in [0.25, 0.3) is 5.69 Å². The van der Waals surface area contributed by atoms with Crippen molar-refractivity contribution in [2.45, 2.75) is 0 Å². The fraction of sp³-hybridized carbons (Fsp3) is 0. The second-order valence-electron chi connectivity index (χ2n) is 2.08. The van der Waals surface area contributed by atoms with Gasteiger partial charge in [0.05, 0.1) is 10.5 Å². The van der Waals surface area contributed by atoms with E-state index in [0.717, 1.165) is 3.57 Å². The van der Waals surface area contributed by atoms with Gasteiger partial charge in [-0.25, -0.2) is 0 Å². The SMILES string of the molecule is O=Cc1ccc(I)cc1[N+](=O)[O-]. The summed E-state index contributed by atoms with van der Waals surface area (Å²) in [6, 6.07) is 4.45. The van der Waals surface area contributed by atoms with E-state index in [1.807, 2.05) is 22.6 Å². The topological polar surface area (TPSA) is 60.2 Å². The van der Waals surface area contributed by atoms with Crippen LogP contribution in [0.1, 0.15) is 10.4 Å². The standard InChI is InChI=1S/C7H4INO3/c8-6-2-1-5(4-10)7(3-6)9(11)12/h1-4H. The fourth-order valence-corrected chi connectivity index (χ4v) is 1.25. The van der Waals surface area contributed by atoms with Crippen molar-refractivity contribution < 1.29 is 9.72 Å². The molecule has 0 radical (unpaired) electrons. The van der Waals surface area contributed by atoms with Gasteiger partial charge in [-0.05, 0) is 34.7 Å². The van der Waals surface area contributed by atoms with Crippen LogP contribution in [0.25, 0.3) is 0 Å². The maximum Gasteiger partial charge on any atom is 0.280 e. The van der Waals surface area contributed by atoms with Crippen molar-refractivity contribution in [3.63, 3.8) is 0 Å². The van der Waals surface area contributed by atoms with E-state index in [1.54, 1.807) is 6.07 Å². The van der Waals surface area contributed by atoms with E-state index >= 15 is 0 Å². The van der Waals surface area contributed by atoms with E-state index in [0.29, 0.717) is 6.29 Å². The second-order valence-corrected chi connectivity index (χ2v) is 3.32. The van der Waals surface area contributed by atoms with Crippen LogP contribution in [0.15, 0.2) is 18.2 Å². The third-order valence-corrected chi connectivity index (χ3v) is 1.99. The van der Waals surface area contributed by atoms with Gasteiger partial charge >= 0.3 is 0 Å². The number of hydrogen-bond acceptors (Lipinski definition) is 3. The number of nitro benzene ring substituents is 1. The Morgan fingerprint density at radius 2 is 2.17 bits per heavy atom. The molecule has 0 saturated carbocycles. The monoisotopic (exact) mass is 277 g/mol. The molecule has 5 heteroatoms. The van der Waals surface area contributed by atoms with Crippen LogP contribution in [-0.2, 0) is 0 Å². The first-order valence-corrected chi connectivity index (χ1v) is 4.12. The predicted octanol–water partition coefficient (Wildman–Crippen LogP) is 2.01. The lowest BCUT2D eigenvalue weighted by Gasteiger charge is -1.94. The molecule has 0 amide bonds. The summed E-state index contributed by atoms with van der Waals surface area (Å²) in [5, 5.41) is 10.4. The Hall–Kier alpha value is -0.980. The number of nitro groups is 1. The van der Waals surface area contributed by atoms with Gasteiger partial charge in [0.2, 0.25) is 0 Å². The molecule has 0 aliphatic rings. The summed E-state index contributed by atoms with van der Waals surface area (Å²) in [5.74, 6) is 0. The van der Waals surface area contributed by atoms with Gasteiger partial charge < -0.3 is 0 Å². The zero-order valence-corrected chi connectivity index (χ0v) is 8.02. The highest BCUT2D eigenvalue weighted by molar-refractivity contribution is 14.1. The summed E-state index contributed by atoms with van der Waals surface area (Å²) < 4.78 is 0.741.